The van der Waals surface area contributed by atoms with Crippen LogP contribution in [0.15, 0.2) is 30.0 Å². The average Bonchev–Trinajstić information content (AvgIpc) is 2.52. The van der Waals surface area contributed by atoms with Gasteiger partial charge in [0.2, 0.25) is 0 Å². The van der Waals surface area contributed by atoms with Gasteiger partial charge in [0.15, 0.2) is 0 Å². The molecule has 0 aliphatic carbocycles. The number of nitriles is 1. The fourth-order valence-corrected chi connectivity index (χ4v) is 1.54. The summed E-state index contributed by atoms with van der Waals surface area (Å²) in [5, 5.41) is 30.0. The predicted molar refractivity (Wildman–Crippen MR) is 76.7 cm³/mol. The van der Waals surface area contributed by atoms with E-state index in [9.17, 15) is 19.6 Å². The van der Waals surface area contributed by atoms with Gasteiger partial charge in [0.05, 0.1) is 31.9 Å². The van der Waals surface area contributed by atoms with E-state index in [2.05, 4.69) is 14.8 Å². The van der Waals surface area contributed by atoms with Crippen LogP contribution in [-0.2, 0) is 19.1 Å². The van der Waals surface area contributed by atoms with E-state index in [1.807, 2.05) is 6.07 Å². The molecule has 1 aromatic rings. The topological polar surface area (TPSA) is 129 Å². The molecule has 8 nitrogen and oxygen atoms in total. The number of hydrogen-bond donors (Lipinski definition) is 3. The van der Waals surface area contributed by atoms with Crippen LogP contribution < -0.4 is 10.8 Å². The third-order valence-electron chi connectivity index (χ3n) is 2.60. The SMILES string of the molecule is COC(=O)/C=C(/Nc1cc(C#N)ccc1B(O)O)C(=O)OC. The first-order valence-corrected chi connectivity index (χ1v) is 5.98. The molecule has 114 valence electrons. The van der Waals surface area contributed by atoms with Crippen LogP contribution in [0.3, 0.4) is 0 Å². The molecule has 1 aromatic carbocycles. The molecular formula is C13H13BN2O6. The summed E-state index contributed by atoms with van der Waals surface area (Å²) in [6.07, 6.45) is 0.846. The number of hydrogen-bond acceptors (Lipinski definition) is 8. The highest BCUT2D eigenvalue weighted by Gasteiger charge is 2.20. The lowest BCUT2D eigenvalue weighted by Gasteiger charge is -2.13. The average molecular weight is 304 g/mol. The minimum absolute atomic E-state index is 0.0127. The van der Waals surface area contributed by atoms with Crippen molar-refractivity contribution in [1.29, 1.82) is 5.26 Å². The lowest BCUT2D eigenvalue weighted by Crippen LogP contribution is -2.33. The first-order chi connectivity index (χ1) is 10.4. The van der Waals surface area contributed by atoms with Gasteiger partial charge in [-0.25, -0.2) is 9.59 Å². The molecule has 0 bridgehead atoms. The molecule has 0 radical (unpaired) electrons. The minimum atomic E-state index is -1.84. The van der Waals surface area contributed by atoms with Gasteiger partial charge in [-0.05, 0) is 12.1 Å². The van der Waals surface area contributed by atoms with Crippen LogP contribution in [0.1, 0.15) is 5.56 Å². The molecule has 0 atom stereocenters. The molecule has 0 saturated carbocycles. The largest absolute Gasteiger partial charge is 0.490 e. The molecule has 3 N–H and O–H groups in total. The smallest absolute Gasteiger partial charge is 0.466 e. The van der Waals surface area contributed by atoms with E-state index >= 15 is 0 Å². The molecule has 0 aromatic heterocycles. The van der Waals surface area contributed by atoms with E-state index in [0.29, 0.717) is 0 Å². The molecule has 0 aliphatic rings. The third-order valence-corrected chi connectivity index (χ3v) is 2.60. The van der Waals surface area contributed by atoms with Crippen LogP contribution in [0.5, 0.6) is 0 Å². The summed E-state index contributed by atoms with van der Waals surface area (Å²) < 4.78 is 8.94. The third kappa shape index (κ3) is 4.34. The summed E-state index contributed by atoms with van der Waals surface area (Å²) >= 11 is 0. The van der Waals surface area contributed by atoms with Gasteiger partial charge in [-0.3, -0.25) is 0 Å². The van der Waals surface area contributed by atoms with Crippen molar-refractivity contribution in [1.82, 2.24) is 0 Å². The van der Waals surface area contributed by atoms with E-state index in [-0.39, 0.29) is 22.4 Å². The van der Waals surface area contributed by atoms with Crippen molar-refractivity contribution in [3.05, 3.63) is 35.5 Å². The summed E-state index contributed by atoms with van der Waals surface area (Å²) in [6, 6.07) is 5.85. The zero-order valence-electron chi connectivity index (χ0n) is 11.9. The van der Waals surface area contributed by atoms with Crippen LogP contribution in [0.25, 0.3) is 0 Å². The van der Waals surface area contributed by atoms with Crippen molar-refractivity contribution in [3.8, 4) is 6.07 Å². The van der Waals surface area contributed by atoms with E-state index < -0.39 is 19.1 Å². The number of anilines is 1. The Morgan fingerprint density at radius 3 is 2.50 bits per heavy atom. The Morgan fingerprint density at radius 1 is 1.32 bits per heavy atom. The molecule has 0 aliphatic heterocycles. The quantitative estimate of drug-likeness (QED) is 0.354. The normalized spacial score (nSPS) is 10.4. The lowest BCUT2D eigenvalue weighted by atomic mass is 9.78. The first-order valence-electron chi connectivity index (χ1n) is 5.98. The second-order valence-corrected chi connectivity index (χ2v) is 3.99. The number of esters is 2. The molecule has 22 heavy (non-hydrogen) atoms. The zero-order chi connectivity index (χ0) is 16.7. The van der Waals surface area contributed by atoms with E-state index in [4.69, 9.17) is 5.26 Å². The number of benzene rings is 1. The summed E-state index contributed by atoms with van der Waals surface area (Å²) in [7, 11) is 0.405. The van der Waals surface area contributed by atoms with Crippen LogP contribution in [0.4, 0.5) is 5.69 Å². The van der Waals surface area contributed by atoms with Gasteiger partial charge in [-0.15, -0.1) is 0 Å². The highest BCUT2D eigenvalue weighted by molar-refractivity contribution is 6.60. The highest BCUT2D eigenvalue weighted by atomic mass is 16.5. The number of carbonyl (C=O) groups excluding carboxylic acids is 2. The Hall–Kier alpha value is -2.83. The maximum Gasteiger partial charge on any atom is 0.490 e. The lowest BCUT2D eigenvalue weighted by molar-refractivity contribution is -0.138. The fourth-order valence-electron chi connectivity index (χ4n) is 1.54. The van der Waals surface area contributed by atoms with Crippen molar-refractivity contribution in [2.45, 2.75) is 0 Å². The van der Waals surface area contributed by atoms with Crippen molar-refractivity contribution in [2.75, 3.05) is 19.5 Å². The van der Waals surface area contributed by atoms with Gasteiger partial charge < -0.3 is 24.8 Å². The molecule has 0 heterocycles. The van der Waals surface area contributed by atoms with Gasteiger partial charge in [0.25, 0.3) is 0 Å². The maximum absolute atomic E-state index is 11.7. The first kappa shape index (κ1) is 17.2. The molecule has 9 heteroatoms. The van der Waals surface area contributed by atoms with Crippen molar-refractivity contribution in [3.63, 3.8) is 0 Å². The molecule has 0 spiro atoms. The standard InChI is InChI=1S/C13H13BN2O6/c1-21-12(17)6-11(13(18)22-2)16-10-5-8(7-15)3-4-9(10)14(19)20/h3-6,16,19-20H,1-2H3/b11-6+. The fraction of sp³-hybridized carbons (Fsp3) is 0.154. The summed E-state index contributed by atoms with van der Waals surface area (Å²) in [6.45, 7) is 0. The molecule has 0 saturated heterocycles. The second kappa shape index (κ2) is 7.83. The monoisotopic (exact) mass is 304 g/mol. The Balaban J connectivity index is 3.28. The van der Waals surface area contributed by atoms with Crippen molar-refractivity contribution < 1.29 is 29.1 Å². The van der Waals surface area contributed by atoms with Gasteiger partial charge in [-0.1, -0.05) is 6.07 Å². The zero-order valence-corrected chi connectivity index (χ0v) is 11.9. The summed E-state index contributed by atoms with van der Waals surface area (Å²) in [4.78, 5) is 22.9. The number of nitrogens with one attached hydrogen (secondary N) is 1. The maximum atomic E-state index is 11.7. The number of ether oxygens (including phenoxy) is 2. The molecule has 0 fully saturated rings. The van der Waals surface area contributed by atoms with E-state index in [0.717, 1.165) is 20.3 Å². The Labute approximate surface area is 126 Å². The number of methoxy groups -OCH3 is 2. The van der Waals surface area contributed by atoms with Crippen LogP contribution >= 0.6 is 0 Å². The molecule has 0 amide bonds. The van der Waals surface area contributed by atoms with E-state index in [1.54, 1.807) is 0 Å². The Kier molecular flexibility index (Phi) is 6.13. The van der Waals surface area contributed by atoms with Crippen LogP contribution in [-0.4, -0.2) is 43.3 Å². The van der Waals surface area contributed by atoms with E-state index in [1.165, 1.54) is 18.2 Å². The van der Waals surface area contributed by atoms with Crippen molar-refractivity contribution >= 4 is 30.2 Å². The van der Waals surface area contributed by atoms with Gasteiger partial charge >= 0.3 is 19.1 Å². The molecular weight excluding hydrogens is 291 g/mol. The predicted octanol–water partition coefficient (Wildman–Crippen LogP) is -1.12. The second-order valence-electron chi connectivity index (χ2n) is 3.99. The summed E-state index contributed by atoms with van der Waals surface area (Å²) in [5.74, 6) is -1.68. The summed E-state index contributed by atoms with van der Waals surface area (Å²) in [5.41, 5.74) is 0.00814. The number of rotatable bonds is 5. The van der Waals surface area contributed by atoms with Crippen molar-refractivity contribution in [2.24, 2.45) is 0 Å². The molecule has 0 unspecified atom stereocenters. The van der Waals surface area contributed by atoms with Crippen LogP contribution in [0, 0.1) is 11.3 Å². The Morgan fingerprint density at radius 2 is 2.00 bits per heavy atom. The number of nitrogens with zero attached hydrogens (tertiary/aromatic N) is 1. The minimum Gasteiger partial charge on any atom is -0.466 e. The number of carbonyl (C=O) groups is 2. The Bertz CT molecular complexity index is 650. The van der Waals surface area contributed by atoms with Crippen LogP contribution in [0.2, 0.25) is 0 Å². The molecule has 1 rings (SSSR count). The van der Waals surface area contributed by atoms with Gasteiger partial charge in [0.1, 0.15) is 5.70 Å². The van der Waals surface area contributed by atoms with Gasteiger partial charge in [-0.2, -0.15) is 5.26 Å². The van der Waals surface area contributed by atoms with Gasteiger partial charge in [0, 0.05) is 11.2 Å². The highest BCUT2D eigenvalue weighted by Crippen LogP contribution is 2.12.